The number of hydrogen-bond acceptors (Lipinski definition) is 7. The molecule has 0 N–H and O–H groups in total. The third kappa shape index (κ3) is 5.25. The van der Waals surface area contributed by atoms with Crippen molar-refractivity contribution in [3.8, 4) is 5.69 Å². The highest BCUT2D eigenvalue weighted by molar-refractivity contribution is 9.10. The van der Waals surface area contributed by atoms with Crippen LogP contribution in [0.15, 0.2) is 57.1 Å². The minimum atomic E-state index is -0.388. The zero-order valence-corrected chi connectivity index (χ0v) is 23.3. The van der Waals surface area contributed by atoms with Crippen molar-refractivity contribution in [1.29, 1.82) is 0 Å². The lowest BCUT2D eigenvalue weighted by atomic mass is 10.00. The molecule has 1 atom stereocenters. The van der Waals surface area contributed by atoms with E-state index in [0.717, 1.165) is 63.9 Å². The first-order chi connectivity index (χ1) is 17.4. The quantitative estimate of drug-likeness (QED) is 0.343. The molecule has 5 rings (SSSR count). The standard InChI is InChI=1S/C26H27BrClN5O2S/c1-32-13-11-17(12-14-32)36-26-31-30-25-21(8-10-23(34)35-2)29-24(18-5-3-4-6-20(18)28)19-15-16(27)7-9-22(19)33(25)26/h3-7,9,15,17,21H,8,10-14H2,1-2H3/t21-/m0/s1. The van der Waals surface area contributed by atoms with E-state index in [1.165, 1.54) is 7.11 Å². The summed E-state index contributed by atoms with van der Waals surface area (Å²) < 4.78 is 7.98. The molecule has 188 valence electrons. The number of nitrogens with zero attached hydrogens (tertiary/aromatic N) is 5. The fourth-order valence-corrected chi connectivity index (χ4v) is 6.36. The number of esters is 1. The van der Waals surface area contributed by atoms with Crippen LogP contribution in [-0.4, -0.2) is 63.8 Å². The Morgan fingerprint density at radius 2 is 1.94 bits per heavy atom. The average Bonchev–Trinajstić information content (AvgIpc) is 3.23. The number of hydrogen-bond donors (Lipinski definition) is 0. The van der Waals surface area contributed by atoms with Gasteiger partial charge in [-0.25, -0.2) is 0 Å². The van der Waals surface area contributed by atoms with Crippen LogP contribution >= 0.6 is 39.3 Å². The summed E-state index contributed by atoms with van der Waals surface area (Å²) in [5.41, 5.74) is 3.49. The molecule has 3 aromatic rings. The molecule has 2 aromatic carbocycles. The van der Waals surface area contributed by atoms with Crippen LogP contribution in [-0.2, 0) is 9.53 Å². The van der Waals surface area contributed by atoms with Gasteiger partial charge in [0.05, 0.1) is 18.5 Å². The van der Waals surface area contributed by atoms with Gasteiger partial charge in [-0.3, -0.25) is 14.4 Å². The molecule has 7 nitrogen and oxygen atoms in total. The molecule has 0 bridgehead atoms. The van der Waals surface area contributed by atoms with Crippen molar-refractivity contribution < 1.29 is 9.53 Å². The SMILES string of the molecule is COC(=O)CC[C@@H]1N=C(c2ccccc2Cl)c2cc(Br)ccc2-n2c(SC3CCN(C)CC3)nnc21. The van der Waals surface area contributed by atoms with Crippen molar-refractivity contribution >= 4 is 51.0 Å². The van der Waals surface area contributed by atoms with Gasteiger partial charge in [-0.15, -0.1) is 10.2 Å². The number of ether oxygens (including phenoxy) is 1. The third-order valence-corrected chi connectivity index (χ3v) is 8.71. The Bertz CT molecular complexity index is 1310. The molecule has 1 saturated heterocycles. The highest BCUT2D eigenvalue weighted by Gasteiger charge is 2.31. The number of benzene rings is 2. The monoisotopic (exact) mass is 587 g/mol. The van der Waals surface area contributed by atoms with Crippen molar-refractivity contribution in [2.24, 2.45) is 4.99 Å². The van der Waals surface area contributed by atoms with Gasteiger partial charge in [0.25, 0.3) is 0 Å². The van der Waals surface area contributed by atoms with E-state index in [1.807, 2.05) is 30.3 Å². The summed E-state index contributed by atoms with van der Waals surface area (Å²) in [7, 11) is 3.57. The maximum Gasteiger partial charge on any atom is 0.305 e. The number of thioether (sulfide) groups is 1. The Balaban J connectivity index is 1.64. The largest absolute Gasteiger partial charge is 0.469 e. The second-order valence-corrected chi connectivity index (χ2v) is 11.6. The minimum absolute atomic E-state index is 0.227. The Kier molecular flexibility index (Phi) is 7.81. The van der Waals surface area contributed by atoms with Crippen LogP contribution in [0.25, 0.3) is 5.69 Å². The first-order valence-corrected chi connectivity index (χ1v) is 14.0. The molecule has 1 fully saturated rings. The van der Waals surface area contributed by atoms with Crippen molar-refractivity contribution in [3.63, 3.8) is 0 Å². The molecule has 0 unspecified atom stereocenters. The molecule has 0 amide bonds. The van der Waals surface area contributed by atoms with E-state index in [4.69, 9.17) is 21.3 Å². The predicted octanol–water partition coefficient (Wildman–Crippen LogP) is 5.71. The molecule has 0 saturated carbocycles. The molecule has 36 heavy (non-hydrogen) atoms. The number of methoxy groups -OCH3 is 1. The lowest BCUT2D eigenvalue weighted by Gasteiger charge is -2.28. The highest BCUT2D eigenvalue weighted by Crippen LogP contribution is 2.39. The molecule has 0 aliphatic carbocycles. The van der Waals surface area contributed by atoms with Gasteiger partial charge < -0.3 is 9.64 Å². The second kappa shape index (κ2) is 11.0. The van der Waals surface area contributed by atoms with Gasteiger partial charge in [-0.2, -0.15) is 0 Å². The van der Waals surface area contributed by atoms with Crippen molar-refractivity contribution in [3.05, 3.63) is 68.9 Å². The number of fused-ring (bicyclic) bond motifs is 3. The summed E-state index contributed by atoms with van der Waals surface area (Å²) in [5, 5.41) is 11.2. The van der Waals surface area contributed by atoms with E-state index >= 15 is 0 Å². The first kappa shape index (κ1) is 25.4. The number of aliphatic imine (C=N–C) groups is 1. The fourth-order valence-electron chi connectivity index (χ4n) is 4.65. The van der Waals surface area contributed by atoms with Crippen LogP contribution in [0.3, 0.4) is 0 Å². The minimum Gasteiger partial charge on any atom is -0.469 e. The molecule has 10 heteroatoms. The van der Waals surface area contributed by atoms with Gasteiger partial charge >= 0.3 is 5.97 Å². The van der Waals surface area contributed by atoms with Crippen molar-refractivity contribution in [2.75, 3.05) is 27.2 Å². The van der Waals surface area contributed by atoms with Gasteiger partial charge in [0, 0.05) is 32.3 Å². The van der Waals surface area contributed by atoms with Crippen LogP contribution < -0.4 is 0 Å². The topological polar surface area (TPSA) is 72.6 Å². The highest BCUT2D eigenvalue weighted by atomic mass is 79.9. The number of halogens is 2. The fraction of sp³-hybridized carbons (Fsp3) is 0.385. The summed E-state index contributed by atoms with van der Waals surface area (Å²) in [6.07, 6.45) is 2.88. The molecular weight excluding hydrogens is 562 g/mol. The Hall–Kier alpha value is -2.20. The van der Waals surface area contributed by atoms with Gasteiger partial charge in [0.2, 0.25) is 0 Å². The number of aromatic nitrogens is 3. The van der Waals surface area contributed by atoms with E-state index < -0.39 is 0 Å². The Morgan fingerprint density at radius 1 is 1.17 bits per heavy atom. The summed E-state index contributed by atoms with van der Waals surface area (Å²) in [5.74, 6) is 0.445. The van der Waals surface area contributed by atoms with Crippen LogP contribution in [0.1, 0.15) is 48.7 Å². The number of likely N-dealkylation sites (tertiary alicyclic amines) is 1. The number of carbonyl (C=O) groups excluding carboxylic acids is 1. The van der Waals surface area contributed by atoms with E-state index in [9.17, 15) is 4.79 Å². The molecule has 2 aliphatic rings. The molecule has 0 spiro atoms. The lowest BCUT2D eigenvalue weighted by Crippen LogP contribution is -2.31. The summed E-state index contributed by atoms with van der Waals surface area (Å²) >= 11 is 12.1. The third-order valence-electron chi connectivity index (χ3n) is 6.61. The molecule has 0 radical (unpaired) electrons. The van der Waals surface area contributed by atoms with Gasteiger partial charge in [-0.05, 0) is 63.7 Å². The normalized spacial score (nSPS) is 18.2. The zero-order valence-electron chi connectivity index (χ0n) is 20.2. The summed E-state index contributed by atoms with van der Waals surface area (Å²) in [6.45, 7) is 2.15. The van der Waals surface area contributed by atoms with Crippen LogP contribution in [0.4, 0.5) is 0 Å². The number of piperidine rings is 1. The van der Waals surface area contributed by atoms with Gasteiger partial charge in [-0.1, -0.05) is 57.5 Å². The Morgan fingerprint density at radius 3 is 2.69 bits per heavy atom. The van der Waals surface area contributed by atoms with E-state index in [-0.39, 0.29) is 18.4 Å². The number of rotatable bonds is 6. The maximum absolute atomic E-state index is 12.1. The summed E-state index contributed by atoms with van der Waals surface area (Å²) in [4.78, 5) is 19.6. The molecule has 1 aromatic heterocycles. The number of carbonyl (C=O) groups is 1. The van der Waals surface area contributed by atoms with Gasteiger partial charge in [0.15, 0.2) is 11.0 Å². The Labute approximate surface area is 228 Å². The molecule has 3 heterocycles. The second-order valence-electron chi connectivity index (χ2n) is 9.05. The van der Waals surface area contributed by atoms with Crippen molar-refractivity contribution in [1.82, 2.24) is 19.7 Å². The van der Waals surface area contributed by atoms with E-state index in [1.54, 1.807) is 11.8 Å². The maximum atomic E-state index is 12.1. The van der Waals surface area contributed by atoms with Crippen LogP contribution in [0, 0.1) is 0 Å². The summed E-state index contributed by atoms with van der Waals surface area (Å²) in [6, 6.07) is 13.5. The smallest absolute Gasteiger partial charge is 0.305 e. The van der Waals surface area contributed by atoms with Crippen LogP contribution in [0.5, 0.6) is 0 Å². The molecular formula is C26H27BrClN5O2S. The lowest BCUT2D eigenvalue weighted by molar-refractivity contribution is -0.140. The van der Waals surface area contributed by atoms with E-state index in [2.05, 4.69) is 54.8 Å². The van der Waals surface area contributed by atoms with E-state index in [0.29, 0.717) is 16.7 Å². The first-order valence-electron chi connectivity index (χ1n) is 11.9. The molecule has 2 aliphatic heterocycles. The van der Waals surface area contributed by atoms with Crippen LogP contribution in [0.2, 0.25) is 5.02 Å². The zero-order chi connectivity index (χ0) is 25.2. The average molecular weight is 589 g/mol. The predicted molar refractivity (Wildman–Crippen MR) is 147 cm³/mol. The van der Waals surface area contributed by atoms with Crippen molar-refractivity contribution in [2.45, 2.75) is 42.1 Å². The van der Waals surface area contributed by atoms with Gasteiger partial charge in [0.1, 0.15) is 6.04 Å².